The van der Waals surface area contributed by atoms with Crippen molar-refractivity contribution in [1.29, 1.82) is 0 Å². The average molecular weight is 550 g/mol. The zero-order chi connectivity index (χ0) is 29.3. The molecule has 0 amide bonds. The lowest BCUT2D eigenvalue weighted by Gasteiger charge is -2.25. The fraction of sp³-hybridized carbons (Fsp3) is 0.613. The Labute approximate surface area is 237 Å². The Balaban J connectivity index is 4.91. The number of nitrogens with two attached hydrogens (primary N) is 2. The second-order valence-corrected chi connectivity index (χ2v) is 9.70. The van der Waals surface area contributed by atoms with E-state index in [1.54, 1.807) is 7.11 Å². The van der Waals surface area contributed by atoms with E-state index < -0.39 is 0 Å². The molecule has 7 N–H and O–H groups in total. The first kappa shape index (κ1) is 36.8. The third kappa shape index (κ3) is 18.7. The van der Waals surface area contributed by atoms with Crippen LogP contribution in [-0.4, -0.2) is 62.8 Å². The zero-order valence-corrected chi connectivity index (χ0v) is 24.8. The average Bonchev–Trinajstić information content (AvgIpc) is 2.91. The largest absolute Gasteiger partial charge is 0.506 e. The molecule has 0 saturated carbocycles. The Morgan fingerprint density at radius 3 is 2.41 bits per heavy atom. The van der Waals surface area contributed by atoms with Crippen molar-refractivity contribution < 1.29 is 24.4 Å². The number of rotatable bonds is 24. The van der Waals surface area contributed by atoms with Gasteiger partial charge in [0.05, 0.1) is 19.0 Å². The van der Waals surface area contributed by atoms with Crippen molar-refractivity contribution in [1.82, 2.24) is 5.32 Å². The molecule has 0 heterocycles. The van der Waals surface area contributed by atoms with Crippen molar-refractivity contribution in [2.24, 2.45) is 11.5 Å². The molecule has 8 heteroatoms. The first-order valence-electron chi connectivity index (χ1n) is 14.0. The van der Waals surface area contributed by atoms with Crippen LogP contribution in [0.3, 0.4) is 0 Å². The van der Waals surface area contributed by atoms with E-state index >= 15 is 0 Å². The maximum atomic E-state index is 10.6. The van der Waals surface area contributed by atoms with Gasteiger partial charge >= 0.3 is 0 Å². The molecule has 39 heavy (non-hydrogen) atoms. The van der Waals surface area contributed by atoms with Gasteiger partial charge < -0.3 is 41.2 Å². The number of methoxy groups -OCH3 is 1. The number of ether oxygens (including phenoxy) is 3. The fourth-order valence-corrected chi connectivity index (χ4v) is 3.99. The van der Waals surface area contributed by atoms with E-state index in [2.05, 4.69) is 24.9 Å². The predicted octanol–water partition coefficient (Wildman–Crippen LogP) is 5.29. The van der Waals surface area contributed by atoms with Crippen LogP contribution in [0.15, 0.2) is 71.2 Å². The second-order valence-electron chi connectivity index (χ2n) is 9.70. The van der Waals surface area contributed by atoms with Gasteiger partial charge in [0, 0.05) is 13.7 Å². The van der Waals surface area contributed by atoms with Crippen molar-refractivity contribution in [3.05, 3.63) is 71.2 Å². The van der Waals surface area contributed by atoms with Gasteiger partial charge in [0.2, 0.25) is 0 Å². The van der Waals surface area contributed by atoms with Gasteiger partial charge in [0.15, 0.2) is 0 Å². The van der Waals surface area contributed by atoms with Crippen LogP contribution in [0.4, 0.5) is 0 Å². The molecule has 0 aliphatic heterocycles. The highest BCUT2D eigenvalue weighted by atomic mass is 16.7. The summed E-state index contributed by atoms with van der Waals surface area (Å²) in [5.74, 6) is 0.113. The summed E-state index contributed by atoms with van der Waals surface area (Å²) in [4.78, 5) is 0. The van der Waals surface area contributed by atoms with Gasteiger partial charge in [-0.25, -0.2) is 0 Å². The van der Waals surface area contributed by atoms with Crippen molar-refractivity contribution in [3.8, 4) is 0 Å². The van der Waals surface area contributed by atoms with Gasteiger partial charge in [0.1, 0.15) is 24.8 Å². The molecular formula is C31H55N3O5. The maximum absolute atomic E-state index is 10.6. The highest BCUT2D eigenvalue weighted by molar-refractivity contribution is 5.27. The van der Waals surface area contributed by atoms with Crippen LogP contribution in [-0.2, 0) is 14.2 Å². The number of allylic oxidation sites excluding steroid dienone is 5. The van der Waals surface area contributed by atoms with Crippen LogP contribution in [0.1, 0.15) is 72.1 Å². The summed E-state index contributed by atoms with van der Waals surface area (Å²) in [7, 11) is 1.68. The van der Waals surface area contributed by atoms with Crippen molar-refractivity contribution in [2.75, 3.05) is 40.3 Å². The lowest BCUT2D eigenvalue weighted by atomic mass is 9.99. The third-order valence-corrected chi connectivity index (χ3v) is 6.14. The first-order valence-corrected chi connectivity index (χ1v) is 14.0. The summed E-state index contributed by atoms with van der Waals surface area (Å²) in [6, 6.07) is 0. The smallest absolute Gasteiger partial charge is 0.149 e. The maximum Gasteiger partial charge on any atom is 0.149 e. The van der Waals surface area contributed by atoms with Gasteiger partial charge in [-0.05, 0) is 83.1 Å². The topological polar surface area (TPSA) is 132 Å². The number of aliphatic hydroxyl groups is 2. The summed E-state index contributed by atoms with van der Waals surface area (Å²) >= 11 is 0. The molecule has 0 aliphatic carbocycles. The summed E-state index contributed by atoms with van der Waals surface area (Å²) in [5, 5.41) is 23.0. The highest BCUT2D eigenvalue weighted by Gasteiger charge is 2.21. The molecule has 0 aromatic carbocycles. The summed E-state index contributed by atoms with van der Waals surface area (Å²) in [5.41, 5.74) is 14.9. The summed E-state index contributed by atoms with van der Waals surface area (Å²) in [6.07, 6.45) is 18.5. The van der Waals surface area contributed by atoms with Crippen molar-refractivity contribution in [3.63, 3.8) is 0 Å². The third-order valence-electron chi connectivity index (χ3n) is 6.14. The van der Waals surface area contributed by atoms with Crippen LogP contribution in [0.2, 0.25) is 0 Å². The van der Waals surface area contributed by atoms with Gasteiger partial charge in [-0.15, -0.1) is 6.58 Å². The lowest BCUT2D eigenvalue weighted by Crippen LogP contribution is -2.31. The number of nitrogens with one attached hydrogen (secondary N) is 1. The molecule has 0 radical (unpaired) electrons. The SMILES string of the molecule is C=CCNCCC/C(CCCCCC/C=C(\C)[C@H](OCOCN)[C@H](/C=C\C=C(C)C)OC)=C(O)\C(N)=C/CO. The Bertz CT molecular complexity index is 798. The molecule has 0 bridgehead atoms. The number of hydrogen-bond donors (Lipinski definition) is 5. The van der Waals surface area contributed by atoms with Gasteiger partial charge in [-0.2, -0.15) is 0 Å². The molecular weight excluding hydrogens is 494 g/mol. The molecule has 0 aliphatic rings. The molecule has 0 aromatic rings. The first-order chi connectivity index (χ1) is 18.8. The van der Waals surface area contributed by atoms with E-state index in [-0.39, 0.29) is 43.8 Å². The molecule has 0 aromatic heterocycles. The Morgan fingerprint density at radius 1 is 1.05 bits per heavy atom. The molecule has 8 nitrogen and oxygen atoms in total. The van der Waals surface area contributed by atoms with Gasteiger partial charge in [-0.3, -0.25) is 0 Å². The Kier molecular flexibility index (Phi) is 23.4. The standard InChI is InChI=1S/C31H55N3O5/c1-6-20-34-21-13-17-27(30(36)28(33)19-22-35)16-11-9-7-8-10-15-26(4)31(39-24-38-23-32)29(37-5)18-12-14-25(2)3/h6,12,14-15,18-19,29,31,34-36H,1,7-11,13,16-17,20-24,32-33H2,2-5H3/b18-12-,26-15+,28-19+,30-27+/t29-,31-/m0/s1. The Hall–Kier alpha value is -2.20. The highest BCUT2D eigenvalue weighted by Crippen LogP contribution is 2.22. The predicted molar refractivity (Wildman–Crippen MR) is 162 cm³/mol. The number of unbranched alkanes of at least 4 members (excludes halogenated alkanes) is 4. The van der Waals surface area contributed by atoms with E-state index in [4.69, 9.17) is 30.8 Å². The van der Waals surface area contributed by atoms with E-state index in [0.717, 1.165) is 75.6 Å². The second kappa shape index (κ2) is 24.8. The minimum atomic E-state index is -0.266. The molecule has 2 atom stereocenters. The minimum absolute atomic E-state index is 0.103. The Morgan fingerprint density at radius 2 is 1.77 bits per heavy atom. The zero-order valence-electron chi connectivity index (χ0n) is 24.8. The molecule has 0 saturated heterocycles. The summed E-state index contributed by atoms with van der Waals surface area (Å²) < 4.78 is 16.9. The van der Waals surface area contributed by atoms with E-state index in [1.165, 1.54) is 11.6 Å². The van der Waals surface area contributed by atoms with Crippen LogP contribution < -0.4 is 16.8 Å². The lowest BCUT2D eigenvalue weighted by molar-refractivity contribution is -0.107. The minimum Gasteiger partial charge on any atom is -0.506 e. The molecule has 224 valence electrons. The van der Waals surface area contributed by atoms with Gasteiger partial charge in [0.25, 0.3) is 0 Å². The molecule has 0 rings (SSSR count). The monoisotopic (exact) mass is 549 g/mol. The van der Waals surface area contributed by atoms with Crippen molar-refractivity contribution >= 4 is 0 Å². The van der Waals surface area contributed by atoms with E-state index in [1.807, 2.05) is 38.2 Å². The van der Waals surface area contributed by atoms with Gasteiger partial charge in [-0.1, -0.05) is 48.8 Å². The number of hydrogen-bond acceptors (Lipinski definition) is 8. The van der Waals surface area contributed by atoms with Crippen LogP contribution >= 0.6 is 0 Å². The van der Waals surface area contributed by atoms with Crippen molar-refractivity contribution in [2.45, 2.75) is 84.3 Å². The van der Waals surface area contributed by atoms with E-state index in [0.29, 0.717) is 0 Å². The normalized spacial score (nSPS) is 14.8. The molecule has 0 fully saturated rings. The fourth-order valence-electron chi connectivity index (χ4n) is 3.99. The molecule has 0 unspecified atom stereocenters. The van der Waals surface area contributed by atoms with E-state index in [9.17, 15) is 5.11 Å². The quantitative estimate of drug-likeness (QED) is 0.0361. The number of aliphatic hydroxyl groups excluding tert-OH is 2. The van der Waals surface area contributed by atoms with Crippen LogP contribution in [0.25, 0.3) is 0 Å². The summed E-state index contributed by atoms with van der Waals surface area (Å²) in [6.45, 7) is 11.5. The van der Waals surface area contributed by atoms with Crippen LogP contribution in [0.5, 0.6) is 0 Å². The molecule has 0 spiro atoms. The van der Waals surface area contributed by atoms with Crippen LogP contribution in [0, 0.1) is 0 Å².